The number of hydrogen-bond donors (Lipinski definition) is 1. The molecule has 0 saturated heterocycles. The minimum atomic E-state index is -0.305. The van der Waals surface area contributed by atoms with E-state index in [0.29, 0.717) is 27.5 Å². The molecule has 0 radical (unpaired) electrons. The first-order chi connectivity index (χ1) is 12.0. The SMILES string of the molecule is CN(Cc1sc2c(F)cccc2c1Cl)C(=O)/C=C/c1ccc(N)nc1. The summed E-state index contributed by atoms with van der Waals surface area (Å²) >= 11 is 7.60. The molecule has 25 heavy (non-hydrogen) atoms. The highest BCUT2D eigenvalue weighted by atomic mass is 35.5. The summed E-state index contributed by atoms with van der Waals surface area (Å²) in [5, 5.41) is 1.16. The van der Waals surface area contributed by atoms with Crippen molar-refractivity contribution in [3.8, 4) is 0 Å². The van der Waals surface area contributed by atoms with Crippen LogP contribution in [0, 0.1) is 5.82 Å². The Morgan fingerprint density at radius 3 is 2.88 bits per heavy atom. The summed E-state index contributed by atoms with van der Waals surface area (Å²) in [6, 6.07) is 8.24. The van der Waals surface area contributed by atoms with Crippen LogP contribution in [0.2, 0.25) is 5.02 Å². The van der Waals surface area contributed by atoms with Crippen LogP contribution >= 0.6 is 22.9 Å². The average molecular weight is 376 g/mol. The van der Waals surface area contributed by atoms with Crippen LogP contribution in [0.5, 0.6) is 0 Å². The average Bonchev–Trinajstić information content (AvgIpc) is 2.92. The second-order valence-corrected chi connectivity index (χ2v) is 6.98. The molecule has 0 saturated carbocycles. The second-order valence-electron chi connectivity index (χ2n) is 5.50. The Labute approximate surface area is 153 Å². The predicted octanol–water partition coefficient (Wildman–Crippen LogP) is 4.34. The third kappa shape index (κ3) is 3.81. The number of carbonyl (C=O) groups is 1. The van der Waals surface area contributed by atoms with Crippen molar-refractivity contribution in [3.05, 3.63) is 63.9 Å². The minimum absolute atomic E-state index is 0.189. The molecule has 0 aliphatic heterocycles. The lowest BCUT2D eigenvalue weighted by atomic mass is 10.2. The number of thiophene rings is 1. The molecule has 1 amide bonds. The molecule has 0 spiro atoms. The summed E-state index contributed by atoms with van der Waals surface area (Å²) in [5.74, 6) is -0.0709. The highest BCUT2D eigenvalue weighted by molar-refractivity contribution is 7.19. The number of nitrogens with zero attached hydrogens (tertiary/aromatic N) is 2. The van der Waals surface area contributed by atoms with Gasteiger partial charge in [0.25, 0.3) is 0 Å². The normalized spacial score (nSPS) is 11.3. The number of hydrogen-bond acceptors (Lipinski definition) is 4. The number of amides is 1. The van der Waals surface area contributed by atoms with Gasteiger partial charge < -0.3 is 10.6 Å². The lowest BCUT2D eigenvalue weighted by Crippen LogP contribution is -2.23. The molecule has 1 aromatic carbocycles. The van der Waals surface area contributed by atoms with Crippen LogP contribution in [0.3, 0.4) is 0 Å². The van der Waals surface area contributed by atoms with Crippen molar-refractivity contribution >= 4 is 50.8 Å². The summed E-state index contributed by atoms with van der Waals surface area (Å²) in [6.45, 7) is 0.306. The van der Waals surface area contributed by atoms with E-state index < -0.39 is 0 Å². The van der Waals surface area contributed by atoms with Crippen molar-refractivity contribution in [1.29, 1.82) is 0 Å². The molecule has 2 N–H and O–H groups in total. The van der Waals surface area contributed by atoms with Crippen molar-refractivity contribution in [2.75, 3.05) is 12.8 Å². The van der Waals surface area contributed by atoms with Crippen LogP contribution in [-0.2, 0) is 11.3 Å². The van der Waals surface area contributed by atoms with Crippen molar-refractivity contribution in [2.45, 2.75) is 6.54 Å². The summed E-state index contributed by atoms with van der Waals surface area (Å²) in [4.78, 5) is 18.5. The first kappa shape index (κ1) is 17.4. The smallest absolute Gasteiger partial charge is 0.246 e. The van der Waals surface area contributed by atoms with Gasteiger partial charge >= 0.3 is 0 Å². The molecule has 0 fully saturated rings. The van der Waals surface area contributed by atoms with Crippen LogP contribution in [0.1, 0.15) is 10.4 Å². The van der Waals surface area contributed by atoms with Crippen LogP contribution < -0.4 is 5.73 Å². The Morgan fingerprint density at radius 2 is 2.20 bits per heavy atom. The van der Waals surface area contributed by atoms with E-state index in [2.05, 4.69) is 4.98 Å². The maximum absolute atomic E-state index is 13.9. The fourth-order valence-corrected chi connectivity index (χ4v) is 3.85. The van der Waals surface area contributed by atoms with Crippen LogP contribution in [-0.4, -0.2) is 22.8 Å². The Kier molecular flexibility index (Phi) is 5.01. The van der Waals surface area contributed by atoms with Gasteiger partial charge in [-0.25, -0.2) is 9.37 Å². The monoisotopic (exact) mass is 375 g/mol. The van der Waals surface area contributed by atoms with Gasteiger partial charge in [-0.3, -0.25) is 4.79 Å². The van der Waals surface area contributed by atoms with E-state index in [1.54, 1.807) is 43.6 Å². The molecule has 2 aromatic heterocycles. The zero-order chi connectivity index (χ0) is 18.0. The Hall–Kier alpha value is -2.44. The topological polar surface area (TPSA) is 59.2 Å². The fourth-order valence-electron chi connectivity index (χ4n) is 2.31. The highest BCUT2D eigenvalue weighted by Gasteiger charge is 2.16. The third-order valence-corrected chi connectivity index (χ3v) is 5.40. The van der Waals surface area contributed by atoms with Gasteiger partial charge in [-0.05, 0) is 29.8 Å². The molecule has 128 valence electrons. The van der Waals surface area contributed by atoms with Crippen LogP contribution in [0.4, 0.5) is 10.2 Å². The maximum Gasteiger partial charge on any atom is 0.246 e. The molecule has 0 aliphatic carbocycles. The lowest BCUT2D eigenvalue weighted by molar-refractivity contribution is -0.125. The van der Waals surface area contributed by atoms with Crippen molar-refractivity contribution in [2.24, 2.45) is 0 Å². The predicted molar refractivity (Wildman–Crippen MR) is 101 cm³/mol. The molecular weight excluding hydrogens is 361 g/mol. The molecule has 0 bridgehead atoms. The summed E-state index contributed by atoms with van der Waals surface area (Å²) in [7, 11) is 1.67. The number of rotatable bonds is 4. The van der Waals surface area contributed by atoms with Gasteiger partial charge in [0.05, 0.1) is 16.3 Å². The molecule has 3 aromatic rings. The summed E-state index contributed by atoms with van der Waals surface area (Å²) < 4.78 is 14.4. The lowest BCUT2D eigenvalue weighted by Gasteiger charge is -2.14. The fraction of sp³-hybridized carbons (Fsp3) is 0.111. The summed E-state index contributed by atoms with van der Waals surface area (Å²) in [6.07, 6.45) is 4.71. The molecular formula is C18H15ClFN3OS. The van der Waals surface area contributed by atoms with E-state index in [0.717, 1.165) is 10.4 Å². The van der Waals surface area contributed by atoms with Gasteiger partial charge in [0.1, 0.15) is 11.6 Å². The molecule has 3 rings (SSSR count). The van der Waals surface area contributed by atoms with Crippen molar-refractivity contribution in [1.82, 2.24) is 9.88 Å². The number of nitrogens with two attached hydrogens (primary N) is 1. The van der Waals surface area contributed by atoms with Crippen LogP contribution in [0.15, 0.2) is 42.6 Å². The summed E-state index contributed by atoms with van der Waals surface area (Å²) in [5.41, 5.74) is 6.30. The molecule has 7 heteroatoms. The number of benzene rings is 1. The Morgan fingerprint density at radius 1 is 1.40 bits per heavy atom. The van der Waals surface area contributed by atoms with Gasteiger partial charge in [0.2, 0.25) is 5.91 Å². The first-order valence-electron chi connectivity index (χ1n) is 7.46. The van der Waals surface area contributed by atoms with E-state index in [-0.39, 0.29) is 11.7 Å². The van der Waals surface area contributed by atoms with Crippen LogP contribution in [0.25, 0.3) is 16.2 Å². The van der Waals surface area contributed by atoms with Gasteiger partial charge in [-0.2, -0.15) is 0 Å². The zero-order valence-corrected chi connectivity index (χ0v) is 14.9. The van der Waals surface area contributed by atoms with E-state index in [1.807, 2.05) is 0 Å². The number of nitrogen functional groups attached to an aromatic ring is 1. The molecule has 0 atom stereocenters. The molecule has 0 aliphatic rings. The molecule has 0 unspecified atom stereocenters. The van der Waals surface area contributed by atoms with Gasteiger partial charge in [-0.1, -0.05) is 23.7 Å². The minimum Gasteiger partial charge on any atom is -0.384 e. The van der Waals surface area contributed by atoms with E-state index >= 15 is 0 Å². The van der Waals surface area contributed by atoms with Crippen molar-refractivity contribution < 1.29 is 9.18 Å². The van der Waals surface area contributed by atoms with E-state index in [9.17, 15) is 9.18 Å². The van der Waals surface area contributed by atoms with Gasteiger partial charge in [-0.15, -0.1) is 11.3 Å². The van der Waals surface area contributed by atoms with Crippen molar-refractivity contribution in [3.63, 3.8) is 0 Å². The van der Waals surface area contributed by atoms with Gasteiger partial charge in [0, 0.05) is 29.6 Å². The number of anilines is 1. The standard InChI is InChI=1S/C18H15ClFN3OS/c1-23(16(24)8-6-11-5-7-15(21)22-9-11)10-14-17(19)12-3-2-4-13(20)18(12)25-14/h2-9H,10H2,1H3,(H2,21,22)/b8-6+. The number of carbonyl (C=O) groups excluding carboxylic acids is 1. The first-order valence-corrected chi connectivity index (χ1v) is 8.65. The second kappa shape index (κ2) is 7.21. The van der Waals surface area contributed by atoms with E-state index in [4.69, 9.17) is 17.3 Å². The Balaban J connectivity index is 1.74. The molecule has 2 heterocycles. The Bertz CT molecular complexity index is 953. The zero-order valence-electron chi connectivity index (χ0n) is 13.4. The van der Waals surface area contributed by atoms with Gasteiger partial charge in [0.15, 0.2) is 0 Å². The quantitative estimate of drug-likeness (QED) is 0.690. The number of pyridine rings is 1. The number of aromatic nitrogens is 1. The number of halogens is 2. The highest BCUT2D eigenvalue weighted by Crippen LogP contribution is 2.37. The maximum atomic E-state index is 13.9. The number of likely N-dealkylation sites (N-methyl/N-ethyl adjacent to an activating group) is 1. The molecule has 4 nitrogen and oxygen atoms in total. The van der Waals surface area contributed by atoms with E-state index in [1.165, 1.54) is 28.4 Å². The third-order valence-electron chi connectivity index (χ3n) is 3.66. The largest absolute Gasteiger partial charge is 0.384 e. The number of fused-ring (bicyclic) bond motifs is 1.